The van der Waals surface area contributed by atoms with Gasteiger partial charge in [0.05, 0.1) is 0 Å². The Kier molecular flexibility index (Phi) is 13.3. The SMILES string of the molecule is CCCC(CC)(CC)C(C(=O)O)C(O)(C(=O)O)C(C(=O)O)(C(CC)(CC)CCC)C(CC)(CC)CCC. The van der Waals surface area contributed by atoms with Crippen LogP contribution in [0, 0.1) is 27.6 Å². The van der Waals surface area contributed by atoms with Crippen molar-refractivity contribution in [3.05, 3.63) is 0 Å². The first-order valence-corrected chi connectivity index (χ1v) is 14.7. The van der Waals surface area contributed by atoms with Crippen LogP contribution >= 0.6 is 0 Å². The summed E-state index contributed by atoms with van der Waals surface area (Å²) in [5, 5.41) is 46.1. The van der Waals surface area contributed by atoms with Crippen LogP contribution in [0.15, 0.2) is 0 Å². The molecule has 0 spiro atoms. The van der Waals surface area contributed by atoms with Crippen LogP contribution in [0.3, 0.4) is 0 Å². The van der Waals surface area contributed by atoms with Gasteiger partial charge in [0, 0.05) is 0 Å². The predicted molar refractivity (Wildman–Crippen MR) is 148 cm³/mol. The Hall–Kier alpha value is -1.63. The van der Waals surface area contributed by atoms with Gasteiger partial charge in [0.15, 0.2) is 5.60 Å². The molecule has 2 atom stereocenters. The minimum absolute atomic E-state index is 0.316. The van der Waals surface area contributed by atoms with Crippen LogP contribution in [0.2, 0.25) is 0 Å². The average molecular weight is 529 g/mol. The molecule has 7 nitrogen and oxygen atoms in total. The van der Waals surface area contributed by atoms with Gasteiger partial charge < -0.3 is 20.4 Å². The summed E-state index contributed by atoms with van der Waals surface area (Å²) >= 11 is 0. The van der Waals surface area contributed by atoms with E-state index in [1.807, 2.05) is 62.3 Å². The van der Waals surface area contributed by atoms with Gasteiger partial charge in [0.2, 0.25) is 0 Å². The Morgan fingerprint density at radius 3 is 1.11 bits per heavy atom. The summed E-state index contributed by atoms with van der Waals surface area (Å²) in [7, 11) is 0. The van der Waals surface area contributed by atoms with Crippen molar-refractivity contribution in [3.8, 4) is 0 Å². The van der Waals surface area contributed by atoms with Gasteiger partial charge >= 0.3 is 17.9 Å². The second-order valence-electron chi connectivity index (χ2n) is 11.2. The highest BCUT2D eigenvalue weighted by Crippen LogP contribution is 2.70. The highest BCUT2D eigenvalue weighted by Gasteiger charge is 2.80. The van der Waals surface area contributed by atoms with Crippen molar-refractivity contribution in [2.24, 2.45) is 27.6 Å². The fourth-order valence-corrected chi connectivity index (χ4v) is 8.63. The summed E-state index contributed by atoms with van der Waals surface area (Å²) in [6, 6.07) is 0. The van der Waals surface area contributed by atoms with E-state index in [-0.39, 0.29) is 0 Å². The van der Waals surface area contributed by atoms with Crippen molar-refractivity contribution < 1.29 is 34.8 Å². The summed E-state index contributed by atoms with van der Waals surface area (Å²) in [6.45, 7) is 16.8. The lowest BCUT2D eigenvalue weighted by atomic mass is 9.37. The highest BCUT2D eigenvalue weighted by atomic mass is 16.4. The minimum atomic E-state index is -3.05. The third-order valence-corrected chi connectivity index (χ3v) is 10.4. The summed E-state index contributed by atoms with van der Waals surface area (Å²) in [4.78, 5) is 40.9. The maximum atomic E-state index is 14.0. The molecule has 0 aliphatic rings. The van der Waals surface area contributed by atoms with E-state index in [0.29, 0.717) is 77.0 Å². The highest BCUT2D eigenvalue weighted by molar-refractivity contribution is 5.95. The number of carboxylic acid groups (broad SMARTS) is 3. The minimum Gasteiger partial charge on any atom is -0.481 e. The average Bonchev–Trinajstić information content (AvgIpc) is 2.86. The first kappa shape index (κ1) is 35.4. The number of carboxylic acids is 3. The van der Waals surface area contributed by atoms with Crippen LogP contribution in [-0.2, 0) is 14.4 Å². The lowest BCUT2D eigenvalue weighted by Gasteiger charge is -2.65. The molecule has 0 heterocycles. The number of carbonyl (C=O) groups is 3. The van der Waals surface area contributed by atoms with Crippen molar-refractivity contribution in [1.82, 2.24) is 0 Å². The first-order valence-electron chi connectivity index (χ1n) is 14.7. The Morgan fingerprint density at radius 1 is 0.568 bits per heavy atom. The quantitative estimate of drug-likeness (QED) is 0.129. The van der Waals surface area contributed by atoms with E-state index in [1.54, 1.807) is 0 Å². The fraction of sp³-hybridized carbons (Fsp3) is 0.900. The molecule has 0 bridgehead atoms. The molecule has 0 saturated carbocycles. The molecular formula is C30H56O7. The predicted octanol–water partition coefficient (Wildman–Crippen LogP) is 7.39. The molecule has 0 aliphatic carbocycles. The van der Waals surface area contributed by atoms with Gasteiger partial charge in [-0.2, -0.15) is 0 Å². The van der Waals surface area contributed by atoms with Crippen LogP contribution in [0.4, 0.5) is 0 Å². The second-order valence-corrected chi connectivity index (χ2v) is 11.2. The Labute approximate surface area is 225 Å². The van der Waals surface area contributed by atoms with E-state index in [4.69, 9.17) is 0 Å². The van der Waals surface area contributed by atoms with Gasteiger partial charge in [0.1, 0.15) is 11.3 Å². The second kappa shape index (κ2) is 14.0. The summed E-state index contributed by atoms with van der Waals surface area (Å²) in [5.41, 5.74) is -8.67. The van der Waals surface area contributed by atoms with Gasteiger partial charge in [-0.25, -0.2) is 4.79 Å². The number of rotatable bonds is 20. The lowest BCUT2D eigenvalue weighted by molar-refractivity contribution is -0.270. The van der Waals surface area contributed by atoms with E-state index in [2.05, 4.69) is 0 Å². The third-order valence-electron chi connectivity index (χ3n) is 10.4. The molecule has 7 heteroatoms. The molecular weight excluding hydrogens is 472 g/mol. The van der Waals surface area contributed by atoms with Crippen LogP contribution in [-0.4, -0.2) is 43.9 Å². The third kappa shape index (κ3) is 5.18. The molecule has 0 aromatic carbocycles. The molecule has 0 aromatic heterocycles. The summed E-state index contributed by atoms with van der Waals surface area (Å²) in [6.07, 6.45) is 4.78. The van der Waals surface area contributed by atoms with Gasteiger partial charge in [-0.3, -0.25) is 9.59 Å². The van der Waals surface area contributed by atoms with E-state index in [1.165, 1.54) is 0 Å². The molecule has 0 aromatic rings. The van der Waals surface area contributed by atoms with Crippen LogP contribution in [0.1, 0.15) is 139 Å². The fourth-order valence-electron chi connectivity index (χ4n) is 8.63. The van der Waals surface area contributed by atoms with Gasteiger partial charge in [0.25, 0.3) is 0 Å². The molecule has 37 heavy (non-hydrogen) atoms. The standard InChI is InChI=1S/C30H56O7/c1-10-19-26(13-4,14-5)22(23(31)32)29(37,24(33)34)30(25(35)36,27(15-6,16-7)20-11-2)28(17-8,18-9)21-12-3/h22,37H,10-21H2,1-9H3,(H,31,32)(H,33,34)(H,35,36). The monoisotopic (exact) mass is 528 g/mol. The summed E-state index contributed by atoms with van der Waals surface area (Å²) < 4.78 is 0. The molecule has 0 fully saturated rings. The summed E-state index contributed by atoms with van der Waals surface area (Å²) in [5.74, 6) is -6.37. The van der Waals surface area contributed by atoms with Crippen molar-refractivity contribution in [2.45, 2.75) is 145 Å². The van der Waals surface area contributed by atoms with Gasteiger partial charge in [-0.1, -0.05) is 81.6 Å². The van der Waals surface area contributed by atoms with Gasteiger partial charge in [-0.05, 0) is 74.0 Å². The van der Waals surface area contributed by atoms with E-state index < -0.39 is 51.1 Å². The number of hydrogen-bond acceptors (Lipinski definition) is 4. The number of hydrogen-bond donors (Lipinski definition) is 4. The molecule has 0 saturated heterocycles. The normalized spacial score (nSPS) is 15.7. The van der Waals surface area contributed by atoms with E-state index >= 15 is 0 Å². The van der Waals surface area contributed by atoms with E-state index in [9.17, 15) is 34.8 Å². The zero-order valence-corrected chi connectivity index (χ0v) is 25.1. The zero-order valence-electron chi connectivity index (χ0n) is 25.1. The molecule has 0 amide bonds. The molecule has 0 aliphatic heterocycles. The van der Waals surface area contributed by atoms with Crippen molar-refractivity contribution >= 4 is 17.9 Å². The van der Waals surface area contributed by atoms with Crippen LogP contribution in [0.25, 0.3) is 0 Å². The molecule has 2 unspecified atom stereocenters. The smallest absolute Gasteiger partial charge is 0.337 e. The van der Waals surface area contributed by atoms with E-state index in [0.717, 1.165) is 0 Å². The Morgan fingerprint density at radius 2 is 0.919 bits per heavy atom. The largest absolute Gasteiger partial charge is 0.481 e. The topological polar surface area (TPSA) is 132 Å². The van der Waals surface area contributed by atoms with Gasteiger partial charge in [-0.15, -0.1) is 0 Å². The molecule has 4 N–H and O–H groups in total. The molecule has 0 radical (unpaired) electrons. The number of aliphatic carboxylic acids is 3. The van der Waals surface area contributed by atoms with Crippen LogP contribution in [0.5, 0.6) is 0 Å². The number of aliphatic hydroxyl groups is 1. The van der Waals surface area contributed by atoms with Crippen molar-refractivity contribution in [3.63, 3.8) is 0 Å². The van der Waals surface area contributed by atoms with Crippen molar-refractivity contribution in [2.75, 3.05) is 0 Å². The maximum Gasteiger partial charge on any atom is 0.337 e. The van der Waals surface area contributed by atoms with Crippen LogP contribution < -0.4 is 0 Å². The molecule has 218 valence electrons. The lowest BCUT2D eigenvalue weighted by Crippen LogP contribution is -2.77. The van der Waals surface area contributed by atoms with Crippen molar-refractivity contribution in [1.29, 1.82) is 0 Å². The zero-order chi connectivity index (χ0) is 29.3. The Bertz CT molecular complexity index is 725. The molecule has 0 rings (SSSR count). The first-order chi connectivity index (χ1) is 17.2. The Balaban J connectivity index is 8.72. The maximum absolute atomic E-state index is 14.0.